The highest BCUT2D eigenvalue weighted by molar-refractivity contribution is 7.98. The molecule has 0 radical (unpaired) electrons. The van der Waals surface area contributed by atoms with Crippen LogP contribution in [0.3, 0.4) is 0 Å². The molecule has 0 spiro atoms. The van der Waals surface area contributed by atoms with Gasteiger partial charge in [-0.15, -0.1) is 16.4 Å². The molecular weight excluding hydrogens is 368 g/mol. The van der Waals surface area contributed by atoms with E-state index < -0.39 is 0 Å². The van der Waals surface area contributed by atoms with E-state index in [-0.39, 0.29) is 5.56 Å². The van der Waals surface area contributed by atoms with E-state index in [0.29, 0.717) is 16.5 Å². The van der Waals surface area contributed by atoms with Crippen molar-refractivity contribution >= 4 is 44.6 Å². The normalized spacial score (nSPS) is 11.7. The second-order valence-electron chi connectivity index (χ2n) is 5.74. The number of nitrogens with zero attached hydrogens (tertiary/aromatic N) is 6. The molecule has 0 fully saturated rings. The second-order valence-corrected chi connectivity index (χ2v) is 7.55. The molecule has 0 N–H and O–H groups in total. The van der Waals surface area contributed by atoms with E-state index in [1.54, 1.807) is 21.2 Å². The summed E-state index contributed by atoms with van der Waals surface area (Å²) < 4.78 is 3.31. The predicted molar refractivity (Wildman–Crippen MR) is 102 cm³/mol. The van der Waals surface area contributed by atoms with Crippen LogP contribution in [-0.2, 0) is 5.75 Å². The monoisotopic (exact) mass is 380 g/mol. The first-order chi connectivity index (χ1) is 12.7. The third-order valence-electron chi connectivity index (χ3n) is 3.96. The zero-order valence-corrected chi connectivity index (χ0v) is 15.3. The maximum absolute atomic E-state index is 12.1. The SMILES string of the molecule is Cc1nc2c3ccccc3nc(SCc3cc(=O)n4ccsc4n3)n2n1. The summed E-state index contributed by atoms with van der Waals surface area (Å²) in [5.74, 6) is 1.23. The molecule has 5 rings (SSSR count). The lowest BCUT2D eigenvalue weighted by Crippen LogP contribution is -2.12. The molecule has 5 aromatic rings. The zero-order valence-electron chi connectivity index (χ0n) is 13.7. The van der Waals surface area contributed by atoms with Crippen molar-refractivity contribution in [2.75, 3.05) is 0 Å². The van der Waals surface area contributed by atoms with Crippen LogP contribution in [-0.4, -0.2) is 29.0 Å². The molecule has 0 saturated carbocycles. The van der Waals surface area contributed by atoms with Crippen LogP contribution < -0.4 is 5.56 Å². The first-order valence-corrected chi connectivity index (χ1v) is 9.76. The highest BCUT2D eigenvalue weighted by Gasteiger charge is 2.13. The topological polar surface area (TPSA) is 77.5 Å². The number of para-hydroxylation sites is 1. The van der Waals surface area contributed by atoms with Gasteiger partial charge in [0.15, 0.2) is 15.8 Å². The van der Waals surface area contributed by atoms with E-state index in [0.717, 1.165) is 27.4 Å². The molecule has 0 aliphatic rings. The van der Waals surface area contributed by atoms with Crippen LogP contribution in [0.2, 0.25) is 0 Å². The van der Waals surface area contributed by atoms with E-state index >= 15 is 0 Å². The molecule has 0 bridgehead atoms. The van der Waals surface area contributed by atoms with Crippen molar-refractivity contribution in [2.45, 2.75) is 17.8 Å². The van der Waals surface area contributed by atoms with Crippen LogP contribution in [0.5, 0.6) is 0 Å². The summed E-state index contributed by atoms with van der Waals surface area (Å²) in [6, 6.07) is 9.45. The summed E-state index contributed by atoms with van der Waals surface area (Å²) in [5.41, 5.74) is 2.32. The summed E-state index contributed by atoms with van der Waals surface area (Å²) in [7, 11) is 0. The number of benzene rings is 1. The predicted octanol–water partition coefficient (Wildman–Crippen LogP) is 2.95. The standard InChI is InChI=1S/C17H12N6OS2/c1-10-18-15-12-4-2-3-5-13(12)20-17(23(15)21-10)26-9-11-8-14(24)22-6-7-25-16(22)19-11/h2-8H,9H2,1H3. The molecule has 1 aromatic carbocycles. The van der Waals surface area contributed by atoms with E-state index in [9.17, 15) is 4.79 Å². The Hall–Kier alpha value is -2.78. The molecule has 0 unspecified atom stereocenters. The molecule has 26 heavy (non-hydrogen) atoms. The minimum absolute atomic E-state index is 0.0694. The number of aryl methyl sites for hydroxylation is 1. The molecule has 4 heterocycles. The summed E-state index contributed by atoms with van der Waals surface area (Å²) in [5, 5.41) is 8.02. The highest BCUT2D eigenvalue weighted by Crippen LogP contribution is 2.25. The quantitative estimate of drug-likeness (QED) is 0.354. The molecule has 0 atom stereocenters. The summed E-state index contributed by atoms with van der Waals surface area (Å²) >= 11 is 2.94. The Morgan fingerprint density at radius 3 is 3.00 bits per heavy atom. The average molecular weight is 380 g/mol. The Labute approximate surface area is 155 Å². The lowest BCUT2D eigenvalue weighted by molar-refractivity contribution is 0.796. The molecule has 7 nitrogen and oxygen atoms in total. The summed E-state index contributed by atoms with van der Waals surface area (Å²) in [6.07, 6.45) is 1.73. The van der Waals surface area contributed by atoms with Crippen molar-refractivity contribution in [1.82, 2.24) is 29.0 Å². The van der Waals surface area contributed by atoms with Crippen LogP contribution in [0, 0.1) is 6.92 Å². The second kappa shape index (κ2) is 5.89. The van der Waals surface area contributed by atoms with Gasteiger partial charge in [0.05, 0.1) is 11.2 Å². The van der Waals surface area contributed by atoms with Crippen molar-refractivity contribution < 1.29 is 0 Å². The lowest BCUT2D eigenvalue weighted by atomic mass is 10.2. The highest BCUT2D eigenvalue weighted by atomic mass is 32.2. The molecule has 0 aliphatic heterocycles. The third kappa shape index (κ3) is 2.47. The number of rotatable bonds is 3. The summed E-state index contributed by atoms with van der Waals surface area (Å²) in [6.45, 7) is 1.86. The Kier molecular flexibility index (Phi) is 3.50. The molecular formula is C17H12N6OS2. The fourth-order valence-electron chi connectivity index (χ4n) is 2.83. The van der Waals surface area contributed by atoms with Crippen LogP contribution in [0.4, 0.5) is 0 Å². The minimum atomic E-state index is -0.0694. The smallest absolute Gasteiger partial charge is 0.258 e. The van der Waals surface area contributed by atoms with Crippen LogP contribution >= 0.6 is 23.1 Å². The van der Waals surface area contributed by atoms with E-state index in [1.165, 1.54) is 23.1 Å². The molecule has 9 heteroatoms. The Morgan fingerprint density at radius 2 is 2.08 bits per heavy atom. The van der Waals surface area contributed by atoms with Gasteiger partial charge in [0.1, 0.15) is 5.82 Å². The van der Waals surface area contributed by atoms with Gasteiger partial charge in [-0.25, -0.2) is 15.0 Å². The number of hydrogen-bond donors (Lipinski definition) is 0. The van der Waals surface area contributed by atoms with Crippen molar-refractivity contribution in [1.29, 1.82) is 0 Å². The van der Waals surface area contributed by atoms with E-state index in [2.05, 4.69) is 15.1 Å². The van der Waals surface area contributed by atoms with E-state index in [1.807, 2.05) is 36.6 Å². The molecule has 0 amide bonds. The summed E-state index contributed by atoms with van der Waals surface area (Å²) in [4.78, 5) is 26.6. The Morgan fingerprint density at radius 1 is 1.19 bits per heavy atom. The Bertz CT molecular complexity index is 1340. The molecule has 128 valence electrons. The third-order valence-corrected chi connectivity index (χ3v) is 5.68. The van der Waals surface area contributed by atoms with Crippen LogP contribution in [0.15, 0.2) is 51.9 Å². The van der Waals surface area contributed by atoms with Gasteiger partial charge in [-0.2, -0.15) is 4.52 Å². The van der Waals surface area contributed by atoms with Crippen molar-refractivity contribution in [3.8, 4) is 0 Å². The van der Waals surface area contributed by atoms with Gasteiger partial charge in [-0.3, -0.25) is 9.20 Å². The van der Waals surface area contributed by atoms with Crippen molar-refractivity contribution in [3.63, 3.8) is 0 Å². The van der Waals surface area contributed by atoms with Gasteiger partial charge in [0.2, 0.25) is 0 Å². The molecule has 4 aromatic heterocycles. The zero-order chi connectivity index (χ0) is 17.7. The molecule has 0 saturated heterocycles. The average Bonchev–Trinajstić information content (AvgIpc) is 3.26. The van der Waals surface area contributed by atoms with Gasteiger partial charge in [0.25, 0.3) is 5.56 Å². The lowest BCUT2D eigenvalue weighted by Gasteiger charge is -2.06. The largest absolute Gasteiger partial charge is 0.269 e. The number of thiazole rings is 1. The van der Waals surface area contributed by atoms with Gasteiger partial charge in [-0.05, 0) is 19.1 Å². The number of hydrogen-bond acceptors (Lipinski definition) is 7. The Balaban J connectivity index is 1.58. The molecule has 0 aliphatic carbocycles. The van der Waals surface area contributed by atoms with Gasteiger partial charge in [-0.1, -0.05) is 23.9 Å². The maximum atomic E-state index is 12.1. The maximum Gasteiger partial charge on any atom is 0.258 e. The van der Waals surface area contributed by atoms with Gasteiger partial charge in [0, 0.05) is 28.8 Å². The fourth-order valence-corrected chi connectivity index (χ4v) is 4.40. The van der Waals surface area contributed by atoms with Crippen LogP contribution in [0.25, 0.3) is 21.5 Å². The van der Waals surface area contributed by atoms with Crippen molar-refractivity contribution in [3.05, 3.63) is 63.8 Å². The first-order valence-electron chi connectivity index (χ1n) is 7.90. The van der Waals surface area contributed by atoms with Crippen LogP contribution in [0.1, 0.15) is 11.5 Å². The van der Waals surface area contributed by atoms with Gasteiger partial charge < -0.3 is 0 Å². The number of fused-ring (bicyclic) bond motifs is 4. The minimum Gasteiger partial charge on any atom is -0.269 e. The first kappa shape index (κ1) is 15.5. The number of aromatic nitrogens is 6. The van der Waals surface area contributed by atoms with Crippen molar-refractivity contribution in [2.24, 2.45) is 0 Å². The van der Waals surface area contributed by atoms with E-state index in [4.69, 9.17) is 4.98 Å². The van der Waals surface area contributed by atoms with Gasteiger partial charge >= 0.3 is 0 Å². The number of thioether (sulfide) groups is 1. The fraction of sp³-hybridized carbons (Fsp3) is 0.118.